The lowest BCUT2D eigenvalue weighted by Gasteiger charge is -2.25. The number of anilines is 2. The lowest BCUT2D eigenvalue weighted by Crippen LogP contribution is -2.38. The summed E-state index contributed by atoms with van der Waals surface area (Å²) in [5, 5.41) is 4.31. The monoisotopic (exact) mass is 191 g/mol. The van der Waals surface area contributed by atoms with Crippen molar-refractivity contribution >= 4 is 11.4 Å². The van der Waals surface area contributed by atoms with Gasteiger partial charge >= 0.3 is 0 Å². The minimum absolute atomic E-state index is 1.06. The summed E-state index contributed by atoms with van der Waals surface area (Å²) in [4.78, 5) is 0. The van der Waals surface area contributed by atoms with Gasteiger partial charge in [-0.15, -0.1) is 5.12 Å². The number of hydrogen-bond acceptors (Lipinski definition) is 3. The van der Waals surface area contributed by atoms with E-state index in [0.29, 0.717) is 0 Å². The predicted octanol–water partition coefficient (Wildman–Crippen LogP) is 2.40. The van der Waals surface area contributed by atoms with Gasteiger partial charge in [-0.25, -0.2) is 0 Å². The molecule has 0 unspecified atom stereocenters. The van der Waals surface area contributed by atoms with Crippen LogP contribution in [0.1, 0.15) is 18.9 Å². The highest BCUT2D eigenvalue weighted by molar-refractivity contribution is 5.73. The van der Waals surface area contributed by atoms with Crippen molar-refractivity contribution in [3.63, 3.8) is 0 Å². The molecule has 0 amide bonds. The second-order valence-corrected chi connectivity index (χ2v) is 3.78. The Kier molecular flexibility index (Phi) is 2.33. The van der Waals surface area contributed by atoms with Crippen molar-refractivity contribution in [1.82, 2.24) is 5.12 Å². The van der Waals surface area contributed by atoms with E-state index in [1.807, 2.05) is 12.2 Å². The first-order valence-electron chi connectivity index (χ1n) is 5.11. The van der Waals surface area contributed by atoms with E-state index in [1.54, 1.807) is 0 Å². The predicted molar refractivity (Wildman–Crippen MR) is 60.2 cm³/mol. The molecule has 3 heteroatoms. The van der Waals surface area contributed by atoms with Crippen LogP contribution in [0.15, 0.2) is 18.2 Å². The lowest BCUT2D eigenvalue weighted by atomic mass is 10.2. The summed E-state index contributed by atoms with van der Waals surface area (Å²) in [5.74, 6) is 0. The van der Waals surface area contributed by atoms with Crippen LogP contribution in [-0.4, -0.2) is 18.7 Å². The maximum atomic E-state index is 3.33. The summed E-state index contributed by atoms with van der Waals surface area (Å²) in [5.41, 5.74) is 7.11. The van der Waals surface area contributed by atoms with Gasteiger partial charge in [-0.1, -0.05) is 13.0 Å². The van der Waals surface area contributed by atoms with E-state index in [2.05, 4.69) is 42.5 Å². The summed E-state index contributed by atoms with van der Waals surface area (Å²) in [6.45, 7) is 5.37. The SMILES string of the molecule is CCCN1c2ccc(C)cc2NN1C. The number of fused-ring (bicyclic) bond motifs is 1. The molecular weight excluding hydrogens is 174 g/mol. The highest BCUT2D eigenvalue weighted by atomic mass is 15.8. The Morgan fingerprint density at radius 2 is 2.14 bits per heavy atom. The van der Waals surface area contributed by atoms with Gasteiger partial charge in [0.25, 0.3) is 0 Å². The normalized spacial score (nSPS) is 15.5. The average Bonchev–Trinajstić information content (AvgIpc) is 2.43. The zero-order chi connectivity index (χ0) is 10.1. The maximum absolute atomic E-state index is 3.33. The molecule has 1 heterocycles. The van der Waals surface area contributed by atoms with Gasteiger partial charge in [0.15, 0.2) is 0 Å². The van der Waals surface area contributed by atoms with Crippen LogP contribution in [0.5, 0.6) is 0 Å². The number of benzene rings is 1. The molecule has 0 bridgehead atoms. The maximum Gasteiger partial charge on any atom is 0.0785 e. The van der Waals surface area contributed by atoms with Crippen LogP contribution in [0.3, 0.4) is 0 Å². The van der Waals surface area contributed by atoms with Crippen LogP contribution in [0.25, 0.3) is 0 Å². The summed E-state index contributed by atoms with van der Waals surface area (Å²) >= 11 is 0. The van der Waals surface area contributed by atoms with E-state index in [-0.39, 0.29) is 0 Å². The van der Waals surface area contributed by atoms with Gasteiger partial charge in [0.2, 0.25) is 0 Å². The van der Waals surface area contributed by atoms with Crippen LogP contribution in [0, 0.1) is 6.92 Å². The molecular formula is C11H17N3. The van der Waals surface area contributed by atoms with E-state index < -0.39 is 0 Å². The molecule has 0 saturated heterocycles. The third kappa shape index (κ3) is 1.44. The van der Waals surface area contributed by atoms with Crippen molar-refractivity contribution in [3.8, 4) is 0 Å². The van der Waals surface area contributed by atoms with Crippen molar-refractivity contribution in [2.24, 2.45) is 0 Å². The molecule has 0 aromatic heterocycles. The first-order chi connectivity index (χ1) is 6.72. The molecule has 1 aliphatic heterocycles. The van der Waals surface area contributed by atoms with E-state index in [9.17, 15) is 0 Å². The van der Waals surface area contributed by atoms with Crippen LogP contribution in [-0.2, 0) is 0 Å². The summed E-state index contributed by atoms with van der Waals surface area (Å²) < 4.78 is 0. The molecule has 76 valence electrons. The molecule has 1 N–H and O–H groups in total. The number of aryl methyl sites for hydroxylation is 1. The summed E-state index contributed by atoms with van der Waals surface area (Å²) in [7, 11) is 2.05. The Morgan fingerprint density at radius 3 is 2.86 bits per heavy atom. The number of rotatable bonds is 2. The fourth-order valence-electron chi connectivity index (χ4n) is 1.84. The molecule has 2 rings (SSSR count). The van der Waals surface area contributed by atoms with Gasteiger partial charge in [0.05, 0.1) is 11.4 Å². The zero-order valence-corrected chi connectivity index (χ0v) is 9.04. The highest BCUT2D eigenvalue weighted by Crippen LogP contribution is 2.33. The average molecular weight is 191 g/mol. The van der Waals surface area contributed by atoms with Crippen LogP contribution in [0.2, 0.25) is 0 Å². The minimum Gasteiger partial charge on any atom is -0.299 e. The molecule has 14 heavy (non-hydrogen) atoms. The lowest BCUT2D eigenvalue weighted by molar-refractivity contribution is 0.384. The van der Waals surface area contributed by atoms with E-state index in [0.717, 1.165) is 13.0 Å². The zero-order valence-electron chi connectivity index (χ0n) is 9.04. The first kappa shape index (κ1) is 9.34. The Hall–Kier alpha value is -1.22. The van der Waals surface area contributed by atoms with Gasteiger partial charge in [-0.2, -0.15) is 0 Å². The Morgan fingerprint density at radius 1 is 1.36 bits per heavy atom. The topological polar surface area (TPSA) is 18.5 Å². The molecule has 1 aromatic carbocycles. The number of hydrogen-bond donors (Lipinski definition) is 1. The van der Waals surface area contributed by atoms with Crippen molar-refractivity contribution in [3.05, 3.63) is 23.8 Å². The Bertz CT molecular complexity index is 335. The van der Waals surface area contributed by atoms with Gasteiger partial charge < -0.3 is 0 Å². The first-order valence-corrected chi connectivity index (χ1v) is 5.11. The van der Waals surface area contributed by atoms with Crippen molar-refractivity contribution in [2.45, 2.75) is 20.3 Å². The fourth-order valence-corrected chi connectivity index (χ4v) is 1.84. The molecule has 0 atom stereocenters. The van der Waals surface area contributed by atoms with Crippen LogP contribution in [0.4, 0.5) is 11.4 Å². The van der Waals surface area contributed by atoms with Crippen molar-refractivity contribution in [1.29, 1.82) is 0 Å². The molecule has 3 nitrogen and oxygen atoms in total. The highest BCUT2D eigenvalue weighted by Gasteiger charge is 2.22. The molecule has 0 saturated carbocycles. The van der Waals surface area contributed by atoms with Gasteiger partial charge in [0, 0.05) is 13.6 Å². The number of hydrazine groups is 2. The number of nitrogens with one attached hydrogen (secondary N) is 1. The fraction of sp³-hybridized carbons (Fsp3) is 0.455. The molecule has 1 aliphatic rings. The third-order valence-electron chi connectivity index (χ3n) is 2.51. The third-order valence-corrected chi connectivity index (χ3v) is 2.51. The van der Waals surface area contributed by atoms with Gasteiger partial charge in [0.1, 0.15) is 0 Å². The van der Waals surface area contributed by atoms with Gasteiger partial charge in [-0.05, 0) is 31.0 Å². The molecule has 1 aromatic rings. The standard InChI is InChI=1S/C11H17N3/c1-4-7-14-11-6-5-9(2)8-10(11)12-13(14)3/h5-6,8,12H,4,7H2,1-3H3. The molecule has 0 spiro atoms. The summed E-state index contributed by atoms with van der Waals surface area (Å²) in [6, 6.07) is 6.51. The van der Waals surface area contributed by atoms with Crippen LogP contribution >= 0.6 is 0 Å². The second-order valence-electron chi connectivity index (χ2n) is 3.78. The van der Waals surface area contributed by atoms with Crippen LogP contribution < -0.4 is 10.4 Å². The van der Waals surface area contributed by atoms with E-state index in [1.165, 1.54) is 16.9 Å². The smallest absolute Gasteiger partial charge is 0.0785 e. The minimum atomic E-state index is 1.06. The van der Waals surface area contributed by atoms with Gasteiger partial charge in [-0.3, -0.25) is 10.4 Å². The van der Waals surface area contributed by atoms with Crippen molar-refractivity contribution in [2.75, 3.05) is 24.0 Å². The largest absolute Gasteiger partial charge is 0.299 e. The second kappa shape index (κ2) is 3.50. The molecule has 0 fully saturated rings. The molecule has 0 radical (unpaired) electrons. The number of nitrogens with zero attached hydrogens (tertiary/aromatic N) is 2. The van der Waals surface area contributed by atoms with E-state index >= 15 is 0 Å². The van der Waals surface area contributed by atoms with E-state index in [4.69, 9.17) is 0 Å². The Balaban J connectivity index is 2.33. The quantitative estimate of drug-likeness (QED) is 0.774. The Labute approximate surface area is 85.3 Å². The summed E-state index contributed by atoms with van der Waals surface area (Å²) in [6.07, 6.45) is 1.15. The molecule has 0 aliphatic carbocycles. The van der Waals surface area contributed by atoms with Crippen molar-refractivity contribution < 1.29 is 0 Å².